The number of hydrogen-bond donors (Lipinski definition) is 4. The monoisotopic (exact) mass is 358 g/mol. The van der Waals surface area contributed by atoms with Crippen LogP contribution in [0.4, 0.5) is 0 Å². The predicted octanol–water partition coefficient (Wildman–Crippen LogP) is 0.382. The molecule has 1 aliphatic rings. The number of aliphatic hydroxyl groups excluding tert-OH is 2. The van der Waals surface area contributed by atoms with Crippen LogP contribution in [0.25, 0.3) is 11.0 Å². The van der Waals surface area contributed by atoms with Crippen LogP contribution in [-0.2, 0) is 13.8 Å². The summed E-state index contributed by atoms with van der Waals surface area (Å²) in [7, 11) is -4.69. The average molecular weight is 358 g/mol. The van der Waals surface area contributed by atoms with E-state index in [1.807, 2.05) is 26.0 Å². The molecule has 1 saturated heterocycles. The lowest BCUT2D eigenvalue weighted by Crippen LogP contribution is -2.33. The molecule has 0 bridgehead atoms. The maximum atomic E-state index is 10.8. The van der Waals surface area contributed by atoms with Gasteiger partial charge in [0.2, 0.25) is 0 Å². The zero-order valence-electron chi connectivity index (χ0n) is 13.1. The van der Waals surface area contributed by atoms with E-state index < -0.39 is 39.0 Å². The van der Waals surface area contributed by atoms with Crippen molar-refractivity contribution in [2.24, 2.45) is 0 Å². The summed E-state index contributed by atoms with van der Waals surface area (Å²) < 4.78 is 22.3. The molecule has 0 saturated carbocycles. The standard InChI is InChI=1S/C14H19N2O7P/c1-7-3-9-10(4-8(7)2)16(6-15-9)14-13(18)12(17)11(23-14)5-22-24(19,20)21/h3-4,6,11-14,17-18H,5H2,1-2H3,(H2,19,20,21)/t11-,12-,13+,14+/m0/s1. The number of aliphatic hydroxyl groups is 2. The molecule has 0 unspecified atom stereocenters. The van der Waals surface area contributed by atoms with E-state index in [1.165, 1.54) is 6.33 Å². The number of benzene rings is 1. The number of phosphoric ester groups is 1. The van der Waals surface area contributed by atoms with Crippen molar-refractivity contribution in [2.75, 3.05) is 6.61 Å². The highest BCUT2D eigenvalue weighted by atomic mass is 31.2. The fraction of sp³-hybridized carbons (Fsp3) is 0.500. The van der Waals surface area contributed by atoms with Crippen LogP contribution in [0.5, 0.6) is 0 Å². The Hall–Kier alpha value is -1.32. The lowest BCUT2D eigenvalue weighted by molar-refractivity contribution is -0.0501. The lowest BCUT2D eigenvalue weighted by Gasteiger charge is -2.17. The second-order valence-electron chi connectivity index (χ2n) is 5.91. The molecule has 0 amide bonds. The van der Waals surface area contributed by atoms with Gasteiger partial charge in [0.15, 0.2) is 6.23 Å². The molecule has 9 nitrogen and oxygen atoms in total. The molecule has 0 radical (unpaired) electrons. The van der Waals surface area contributed by atoms with Crippen LogP contribution in [0, 0.1) is 13.8 Å². The van der Waals surface area contributed by atoms with Gasteiger partial charge in [-0.05, 0) is 37.1 Å². The Morgan fingerprint density at radius 1 is 1.25 bits per heavy atom. The highest BCUT2D eigenvalue weighted by Gasteiger charge is 2.44. The van der Waals surface area contributed by atoms with E-state index in [0.717, 1.165) is 22.2 Å². The molecule has 4 N–H and O–H groups in total. The molecule has 2 aromatic rings. The number of phosphoric acid groups is 1. The summed E-state index contributed by atoms with van der Waals surface area (Å²) in [6, 6.07) is 3.81. The molecular formula is C14H19N2O7P. The minimum atomic E-state index is -4.69. The molecule has 1 aliphatic heterocycles. The van der Waals surface area contributed by atoms with Gasteiger partial charge in [0.25, 0.3) is 0 Å². The SMILES string of the molecule is Cc1cc2ncn([C@@H]3O[C@@H](COP(=O)(O)O)[C@H](O)[C@H]3O)c2cc1C. The maximum absolute atomic E-state index is 10.8. The summed E-state index contributed by atoms with van der Waals surface area (Å²) in [6.45, 7) is 3.38. The van der Waals surface area contributed by atoms with Gasteiger partial charge in [-0.3, -0.25) is 4.52 Å². The van der Waals surface area contributed by atoms with E-state index in [4.69, 9.17) is 14.5 Å². The molecule has 24 heavy (non-hydrogen) atoms. The van der Waals surface area contributed by atoms with Crippen molar-refractivity contribution in [1.29, 1.82) is 0 Å². The van der Waals surface area contributed by atoms with Crippen LogP contribution in [-0.4, -0.2) is 54.5 Å². The van der Waals surface area contributed by atoms with E-state index in [1.54, 1.807) is 4.57 Å². The summed E-state index contributed by atoms with van der Waals surface area (Å²) in [5.74, 6) is 0. The molecule has 1 fully saturated rings. The fourth-order valence-electron chi connectivity index (χ4n) is 2.75. The lowest BCUT2D eigenvalue weighted by atomic mass is 10.1. The van der Waals surface area contributed by atoms with Crippen LogP contribution in [0.3, 0.4) is 0 Å². The van der Waals surface area contributed by atoms with Crippen molar-refractivity contribution in [3.63, 3.8) is 0 Å². The highest BCUT2D eigenvalue weighted by Crippen LogP contribution is 2.39. The number of rotatable bonds is 4. The molecule has 4 atom stereocenters. The van der Waals surface area contributed by atoms with Gasteiger partial charge in [0, 0.05) is 0 Å². The minimum absolute atomic E-state index is 0.538. The van der Waals surface area contributed by atoms with E-state index in [-0.39, 0.29) is 0 Å². The van der Waals surface area contributed by atoms with Crippen LogP contribution >= 0.6 is 7.82 Å². The molecule has 2 heterocycles. The Balaban J connectivity index is 1.87. The molecule has 1 aromatic heterocycles. The Labute approximate surface area is 137 Å². The third kappa shape index (κ3) is 3.25. The maximum Gasteiger partial charge on any atom is 0.469 e. The first-order valence-electron chi connectivity index (χ1n) is 7.33. The topological polar surface area (TPSA) is 134 Å². The van der Waals surface area contributed by atoms with Gasteiger partial charge in [0.05, 0.1) is 24.0 Å². The first-order chi connectivity index (χ1) is 11.2. The molecule has 3 rings (SSSR count). The average Bonchev–Trinajstić information content (AvgIpc) is 3.00. The Kier molecular flexibility index (Phi) is 4.52. The predicted molar refractivity (Wildman–Crippen MR) is 83.1 cm³/mol. The Bertz CT molecular complexity index is 802. The first-order valence-corrected chi connectivity index (χ1v) is 8.86. The van der Waals surface area contributed by atoms with E-state index in [9.17, 15) is 14.8 Å². The zero-order chi connectivity index (χ0) is 17.6. The second-order valence-corrected chi connectivity index (χ2v) is 7.15. The summed E-state index contributed by atoms with van der Waals surface area (Å²) in [6.07, 6.45) is -3.13. The summed E-state index contributed by atoms with van der Waals surface area (Å²) in [5.41, 5.74) is 3.57. The number of nitrogens with zero attached hydrogens (tertiary/aromatic N) is 2. The number of aryl methyl sites for hydroxylation is 2. The zero-order valence-corrected chi connectivity index (χ0v) is 14.0. The summed E-state index contributed by atoms with van der Waals surface area (Å²) in [5, 5.41) is 20.3. The third-order valence-electron chi connectivity index (χ3n) is 4.21. The summed E-state index contributed by atoms with van der Waals surface area (Å²) >= 11 is 0. The van der Waals surface area contributed by atoms with Crippen LogP contribution < -0.4 is 0 Å². The first kappa shape index (κ1) is 17.5. The van der Waals surface area contributed by atoms with Crippen molar-refractivity contribution >= 4 is 18.9 Å². The van der Waals surface area contributed by atoms with Crippen molar-refractivity contribution in [3.8, 4) is 0 Å². The van der Waals surface area contributed by atoms with Gasteiger partial charge in [-0.15, -0.1) is 0 Å². The molecule has 0 aliphatic carbocycles. The normalized spacial score (nSPS) is 27.9. The molecule has 0 spiro atoms. The minimum Gasteiger partial charge on any atom is -0.387 e. The number of hydrogen-bond acceptors (Lipinski definition) is 6. The molecule has 1 aromatic carbocycles. The van der Waals surface area contributed by atoms with Crippen LogP contribution in [0.2, 0.25) is 0 Å². The van der Waals surface area contributed by atoms with E-state index in [0.29, 0.717) is 0 Å². The van der Waals surface area contributed by atoms with Crippen molar-refractivity contribution < 1.29 is 33.8 Å². The number of ether oxygens (including phenoxy) is 1. The molecular weight excluding hydrogens is 339 g/mol. The van der Waals surface area contributed by atoms with Gasteiger partial charge in [0.1, 0.15) is 18.3 Å². The van der Waals surface area contributed by atoms with Crippen molar-refractivity contribution in [1.82, 2.24) is 9.55 Å². The van der Waals surface area contributed by atoms with Gasteiger partial charge in [-0.25, -0.2) is 9.55 Å². The fourth-order valence-corrected chi connectivity index (χ4v) is 3.09. The van der Waals surface area contributed by atoms with Crippen LogP contribution in [0.15, 0.2) is 18.5 Å². The number of aromatic nitrogens is 2. The molecule has 10 heteroatoms. The van der Waals surface area contributed by atoms with Gasteiger partial charge in [-0.1, -0.05) is 0 Å². The Morgan fingerprint density at radius 2 is 1.92 bits per heavy atom. The van der Waals surface area contributed by atoms with Gasteiger partial charge < -0.3 is 29.3 Å². The largest absolute Gasteiger partial charge is 0.469 e. The highest BCUT2D eigenvalue weighted by molar-refractivity contribution is 7.46. The summed E-state index contributed by atoms with van der Waals surface area (Å²) in [4.78, 5) is 21.8. The van der Waals surface area contributed by atoms with Crippen LogP contribution in [0.1, 0.15) is 17.4 Å². The second kappa shape index (κ2) is 6.20. The van der Waals surface area contributed by atoms with Gasteiger partial charge in [-0.2, -0.15) is 0 Å². The third-order valence-corrected chi connectivity index (χ3v) is 4.69. The quantitative estimate of drug-likeness (QED) is 0.577. The Morgan fingerprint density at radius 3 is 2.58 bits per heavy atom. The van der Waals surface area contributed by atoms with Crippen molar-refractivity contribution in [3.05, 3.63) is 29.6 Å². The van der Waals surface area contributed by atoms with E-state index in [2.05, 4.69) is 9.51 Å². The smallest absolute Gasteiger partial charge is 0.387 e. The van der Waals surface area contributed by atoms with E-state index >= 15 is 0 Å². The number of imidazole rings is 1. The number of fused-ring (bicyclic) bond motifs is 1. The van der Waals surface area contributed by atoms with Gasteiger partial charge >= 0.3 is 7.82 Å². The van der Waals surface area contributed by atoms with Crippen molar-refractivity contribution in [2.45, 2.75) is 38.4 Å². The molecule has 132 valence electrons.